The van der Waals surface area contributed by atoms with E-state index in [1.165, 1.54) is 13.2 Å². The fraction of sp³-hybridized carbons (Fsp3) is 0.400. The number of methoxy groups -OCH3 is 1. The molecular weight excluding hydrogens is 436 g/mol. The van der Waals surface area contributed by atoms with Gasteiger partial charge in [0, 0.05) is 25.5 Å². The molecule has 0 unspecified atom stereocenters. The number of nitrogens with two attached hydrogens (primary N) is 1. The van der Waals surface area contributed by atoms with Crippen LogP contribution in [0.2, 0.25) is 0 Å². The maximum absolute atomic E-state index is 14.7. The van der Waals surface area contributed by atoms with Crippen molar-refractivity contribution < 1.29 is 36.6 Å². The molecule has 12 heteroatoms. The lowest BCUT2D eigenvalue weighted by atomic mass is 9.83. The SMILES string of the molecule is COC[C@@H]1C[C@](c2cc(CC(=O)c3cnc(OCF)cn3)ccc2F)(C(F)F)N=C(N)O1. The monoisotopic (exact) mass is 456 g/mol. The van der Waals surface area contributed by atoms with Crippen molar-refractivity contribution >= 4 is 11.8 Å². The van der Waals surface area contributed by atoms with Gasteiger partial charge in [-0.2, -0.15) is 0 Å². The minimum Gasteiger partial charge on any atom is -0.460 e. The molecule has 2 heterocycles. The maximum Gasteiger partial charge on any atom is 0.283 e. The lowest BCUT2D eigenvalue weighted by Gasteiger charge is -2.37. The zero-order chi connectivity index (χ0) is 23.3. The molecule has 0 radical (unpaired) electrons. The van der Waals surface area contributed by atoms with E-state index in [4.69, 9.17) is 15.2 Å². The quantitative estimate of drug-likeness (QED) is 0.456. The summed E-state index contributed by atoms with van der Waals surface area (Å²) in [6, 6.07) is 2.92. The van der Waals surface area contributed by atoms with Gasteiger partial charge >= 0.3 is 0 Å². The van der Waals surface area contributed by atoms with Crippen LogP contribution < -0.4 is 10.5 Å². The summed E-state index contributed by atoms with van der Waals surface area (Å²) in [5.74, 6) is -1.54. The third-order valence-corrected chi connectivity index (χ3v) is 4.83. The van der Waals surface area contributed by atoms with Crippen molar-refractivity contribution in [2.75, 3.05) is 20.6 Å². The number of alkyl halides is 3. The molecule has 2 aromatic rings. The Kier molecular flexibility index (Phi) is 7.23. The number of nitrogens with zero attached hydrogens (tertiary/aromatic N) is 3. The molecule has 0 saturated carbocycles. The summed E-state index contributed by atoms with van der Waals surface area (Å²) in [4.78, 5) is 23.9. The first-order valence-corrected chi connectivity index (χ1v) is 9.41. The van der Waals surface area contributed by atoms with Crippen LogP contribution in [0, 0.1) is 5.82 Å². The van der Waals surface area contributed by atoms with Crippen LogP contribution >= 0.6 is 0 Å². The van der Waals surface area contributed by atoms with Crippen molar-refractivity contribution in [3.05, 3.63) is 53.2 Å². The van der Waals surface area contributed by atoms with Gasteiger partial charge < -0.3 is 19.9 Å². The van der Waals surface area contributed by atoms with Crippen LogP contribution in [0.1, 0.15) is 28.0 Å². The van der Waals surface area contributed by atoms with Crippen LogP contribution in [0.3, 0.4) is 0 Å². The Morgan fingerprint density at radius 3 is 2.75 bits per heavy atom. The first kappa shape index (κ1) is 23.4. The minimum atomic E-state index is -3.11. The van der Waals surface area contributed by atoms with Gasteiger partial charge in [0.15, 0.2) is 11.3 Å². The number of rotatable bonds is 9. The van der Waals surface area contributed by atoms with Crippen LogP contribution in [-0.4, -0.2) is 54.9 Å². The van der Waals surface area contributed by atoms with Gasteiger partial charge in [-0.3, -0.25) is 4.79 Å². The lowest BCUT2D eigenvalue weighted by molar-refractivity contribution is -0.0214. The van der Waals surface area contributed by atoms with Crippen molar-refractivity contribution in [1.29, 1.82) is 0 Å². The number of ketones is 1. The van der Waals surface area contributed by atoms with Gasteiger partial charge in [-0.15, -0.1) is 0 Å². The highest BCUT2D eigenvalue weighted by Gasteiger charge is 2.49. The summed E-state index contributed by atoms with van der Waals surface area (Å²) in [6.45, 7) is -1.15. The molecule has 1 aliphatic rings. The summed E-state index contributed by atoms with van der Waals surface area (Å²) in [6.07, 6.45) is -2.46. The van der Waals surface area contributed by atoms with E-state index in [1.807, 2.05) is 0 Å². The molecule has 1 aromatic carbocycles. The highest BCUT2D eigenvalue weighted by Crippen LogP contribution is 2.42. The number of benzene rings is 1. The number of ether oxygens (including phenoxy) is 3. The first-order valence-electron chi connectivity index (χ1n) is 9.41. The fourth-order valence-electron chi connectivity index (χ4n) is 3.41. The average molecular weight is 456 g/mol. The third-order valence-electron chi connectivity index (χ3n) is 4.83. The number of aromatic nitrogens is 2. The number of aliphatic imine (C=N–C) groups is 1. The van der Waals surface area contributed by atoms with Gasteiger partial charge in [0.05, 0.1) is 19.0 Å². The van der Waals surface area contributed by atoms with Crippen LogP contribution in [0.25, 0.3) is 0 Å². The van der Waals surface area contributed by atoms with Crippen LogP contribution in [0.5, 0.6) is 5.88 Å². The highest BCUT2D eigenvalue weighted by atomic mass is 19.3. The molecule has 0 bridgehead atoms. The van der Waals surface area contributed by atoms with E-state index in [0.29, 0.717) is 0 Å². The van der Waals surface area contributed by atoms with Crippen molar-refractivity contribution in [3.63, 3.8) is 0 Å². The van der Waals surface area contributed by atoms with Gasteiger partial charge in [0.25, 0.3) is 12.4 Å². The number of carbonyl (C=O) groups is 1. The van der Waals surface area contributed by atoms with Crippen LogP contribution in [-0.2, 0) is 21.4 Å². The Balaban J connectivity index is 1.91. The lowest BCUT2D eigenvalue weighted by Crippen LogP contribution is -2.46. The molecule has 0 amide bonds. The Morgan fingerprint density at radius 2 is 2.12 bits per heavy atom. The van der Waals surface area contributed by atoms with Crippen LogP contribution in [0.15, 0.2) is 35.6 Å². The van der Waals surface area contributed by atoms with Crippen molar-refractivity contribution in [3.8, 4) is 5.88 Å². The minimum absolute atomic E-state index is 0.0503. The normalized spacial score (nSPS) is 20.6. The van der Waals surface area contributed by atoms with Gasteiger partial charge in [0.1, 0.15) is 17.6 Å². The summed E-state index contributed by atoms with van der Waals surface area (Å²) in [5, 5.41) is 0. The predicted octanol–water partition coefficient (Wildman–Crippen LogP) is 2.56. The van der Waals surface area contributed by atoms with E-state index >= 15 is 0 Å². The molecule has 0 aliphatic carbocycles. The number of hydrogen-bond donors (Lipinski definition) is 1. The van der Waals surface area contributed by atoms with Crippen molar-refractivity contribution in [2.24, 2.45) is 10.7 Å². The molecule has 2 N–H and O–H groups in total. The number of halogens is 4. The Bertz CT molecular complexity index is 990. The molecule has 8 nitrogen and oxygen atoms in total. The molecule has 2 atom stereocenters. The number of carbonyl (C=O) groups excluding carboxylic acids is 1. The Morgan fingerprint density at radius 1 is 1.34 bits per heavy atom. The highest BCUT2D eigenvalue weighted by molar-refractivity contribution is 5.95. The fourth-order valence-corrected chi connectivity index (χ4v) is 3.41. The van der Waals surface area contributed by atoms with E-state index in [9.17, 15) is 22.4 Å². The molecule has 3 rings (SSSR count). The molecule has 32 heavy (non-hydrogen) atoms. The van der Waals surface area contributed by atoms with Crippen molar-refractivity contribution in [1.82, 2.24) is 9.97 Å². The van der Waals surface area contributed by atoms with Crippen LogP contribution in [0.4, 0.5) is 17.6 Å². The van der Waals surface area contributed by atoms with Gasteiger partial charge in [-0.05, 0) is 17.7 Å². The second-order valence-electron chi connectivity index (χ2n) is 6.98. The smallest absolute Gasteiger partial charge is 0.283 e. The number of amidine groups is 1. The molecule has 0 saturated heterocycles. The predicted molar refractivity (Wildman–Crippen MR) is 104 cm³/mol. The standard InChI is InChI=1S/C20H20F4N4O4/c1-30-9-12-6-20(18(23)24,28-19(25)32-12)13-4-11(2-3-14(13)22)5-16(29)15-7-27-17(8-26-15)31-10-21/h2-4,7-8,12,18H,5-6,9-10H2,1H3,(H2,25,28)/t12-,20-/m0/s1. The number of hydrogen-bond acceptors (Lipinski definition) is 8. The molecular formula is C20H20F4N4O4. The molecule has 0 fully saturated rings. The van der Waals surface area contributed by atoms with Gasteiger partial charge in [-0.1, -0.05) is 6.07 Å². The van der Waals surface area contributed by atoms with Crippen molar-refractivity contribution in [2.45, 2.75) is 30.9 Å². The summed E-state index contributed by atoms with van der Waals surface area (Å²) < 4.78 is 70.0. The molecule has 172 valence electrons. The van der Waals surface area contributed by atoms with E-state index in [-0.39, 0.29) is 36.6 Å². The van der Waals surface area contributed by atoms with Gasteiger partial charge in [-0.25, -0.2) is 32.5 Å². The Labute approximate surface area is 180 Å². The first-order chi connectivity index (χ1) is 15.3. The third kappa shape index (κ3) is 4.96. The average Bonchev–Trinajstić information content (AvgIpc) is 2.75. The zero-order valence-electron chi connectivity index (χ0n) is 16.9. The summed E-state index contributed by atoms with van der Waals surface area (Å²) in [5.41, 5.74) is 3.07. The second kappa shape index (κ2) is 9.90. The molecule has 1 aromatic heterocycles. The second-order valence-corrected chi connectivity index (χ2v) is 6.98. The zero-order valence-corrected chi connectivity index (χ0v) is 16.9. The summed E-state index contributed by atoms with van der Waals surface area (Å²) >= 11 is 0. The molecule has 0 spiro atoms. The van der Waals surface area contributed by atoms with E-state index in [0.717, 1.165) is 24.5 Å². The summed E-state index contributed by atoms with van der Waals surface area (Å²) in [7, 11) is 1.36. The molecule has 1 aliphatic heterocycles. The topological polar surface area (TPSA) is 109 Å². The maximum atomic E-state index is 14.7. The van der Waals surface area contributed by atoms with Gasteiger partial charge in [0.2, 0.25) is 12.7 Å². The number of Topliss-reactive ketones (excluding diaryl/α,β-unsaturated/α-hetero) is 1. The Hall–Kier alpha value is -3.28. The van der Waals surface area contributed by atoms with E-state index < -0.39 is 48.1 Å². The van der Waals surface area contributed by atoms with E-state index in [1.54, 1.807) is 0 Å². The largest absolute Gasteiger partial charge is 0.460 e. The van der Waals surface area contributed by atoms with E-state index in [2.05, 4.69) is 19.7 Å².